The Balaban J connectivity index is 1.75. The van der Waals surface area contributed by atoms with Gasteiger partial charge in [0.05, 0.1) is 28.7 Å². The molecule has 212 valence electrons. The Hall–Kier alpha value is -2.66. The topological polar surface area (TPSA) is 66.8 Å². The van der Waals surface area contributed by atoms with Crippen molar-refractivity contribution in [2.75, 3.05) is 26.0 Å². The Bertz CT molecular complexity index is 1370. The number of benzene rings is 3. The van der Waals surface area contributed by atoms with Gasteiger partial charge >= 0.3 is 6.18 Å². The van der Waals surface area contributed by atoms with Crippen molar-refractivity contribution in [1.82, 2.24) is 4.90 Å². The molecule has 39 heavy (non-hydrogen) atoms. The molecule has 0 aliphatic rings. The summed E-state index contributed by atoms with van der Waals surface area (Å²) in [5.41, 5.74) is 0.189. The molecule has 0 spiro atoms. The van der Waals surface area contributed by atoms with Crippen LogP contribution in [0.2, 0.25) is 5.02 Å². The van der Waals surface area contributed by atoms with E-state index in [1.165, 1.54) is 12.1 Å². The summed E-state index contributed by atoms with van der Waals surface area (Å²) < 4.78 is 84.2. The van der Waals surface area contributed by atoms with Gasteiger partial charge in [0.25, 0.3) is 0 Å². The molecule has 0 saturated heterocycles. The highest BCUT2D eigenvalue weighted by Gasteiger charge is 2.34. The fourth-order valence-electron chi connectivity index (χ4n) is 4.30. The van der Waals surface area contributed by atoms with Crippen molar-refractivity contribution in [2.24, 2.45) is 0 Å². The van der Waals surface area contributed by atoms with Gasteiger partial charge in [0.1, 0.15) is 11.6 Å². The van der Waals surface area contributed by atoms with E-state index >= 15 is 0 Å². The van der Waals surface area contributed by atoms with Gasteiger partial charge in [0.2, 0.25) is 0 Å². The van der Waals surface area contributed by atoms with Gasteiger partial charge in [-0.3, -0.25) is 4.90 Å². The first-order valence-electron chi connectivity index (χ1n) is 12.2. The second-order valence-electron chi connectivity index (χ2n) is 9.34. The van der Waals surface area contributed by atoms with Crippen LogP contribution in [0, 0.1) is 5.82 Å². The molecule has 1 atom stereocenters. The maximum Gasteiger partial charge on any atom is 0.417 e. The maximum absolute atomic E-state index is 14.4. The minimum absolute atomic E-state index is 0.00440. The van der Waals surface area contributed by atoms with Gasteiger partial charge in [0.15, 0.2) is 9.84 Å². The Labute approximate surface area is 230 Å². The lowest BCUT2D eigenvalue weighted by atomic mass is 10.00. The van der Waals surface area contributed by atoms with Crippen LogP contribution in [-0.2, 0) is 29.2 Å². The summed E-state index contributed by atoms with van der Waals surface area (Å²) in [6, 6.07) is 15.7. The molecule has 0 aromatic heterocycles. The summed E-state index contributed by atoms with van der Waals surface area (Å²) in [5.74, 6) is -0.836. The van der Waals surface area contributed by atoms with E-state index in [0.29, 0.717) is 25.1 Å². The largest absolute Gasteiger partial charge is 0.493 e. The maximum atomic E-state index is 14.4. The van der Waals surface area contributed by atoms with Crippen LogP contribution in [0.1, 0.15) is 41.5 Å². The molecular weight excluding hydrogens is 558 g/mol. The molecule has 3 rings (SSSR count). The highest BCUT2D eigenvalue weighted by molar-refractivity contribution is 7.90. The van der Waals surface area contributed by atoms with E-state index in [1.807, 2.05) is 42.2 Å². The number of hydrogen-bond acceptors (Lipinski definition) is 5. The Kier molecular flexibility index (Phi) is 10.4. The third-order valence-corrected chi connectivity index (χ3v) is 7.86. The van der Waals surface area contributed by atoms with Gasteiger partial charge in [-0.15, -0.1) is 0 Å². The second kappa shape index (κ2) is 13.1. The molecule has 0 unspecified atom stereocenters. The van der Waals surface area contributed by atoms with Crippen molar-refractivity contribution in [3.63, 3.8) is 0 Å². The van der Waals surface area contributed by atoms with Crippen molar-refractivity contribution in [1.29, 1.82) is 0 Å². The zero-order valence-corrected chi connectivity index (χ0v) is 23.1. The zero-order chi connectivity index (χ0) is 28.8. The number of ether oxygens (including phenoxy) is 1. The Morgan fingerprint density at radius 3 is 2.38 bits per heavy atom. The summed E-state index contributed by atoms with van der Waals surface area (Å²) in [4.78, 5) is 1.62. The molecule has 0 aliphatic heterocycles. The van der Waals surface area contributed by atoms with Crippen LogP contribution in [0.25, 0.3) is 0 Å². The molecule has 0 amide bonds. The quantitative estimate of drug-likeness (QED) is 0.194. The number of nitrogens with zero attached hydrogens (tertiary/aromatic N) is 1. The molecule has 0 aliphatic carbocycles. The molecule has 11 heteroatoms. The van der Waals surface area contributed by atoms with E-state index < -0.39 is 34.0 Å². The van der Waals surface area contributed by atoms with Crippen molar-refractivity contribution in [3.8, 4) is 5.75 Å². The third kappa shape index (κ3) is 8.41. The Morgan fingerprint density at radius 2 is 1.77 bits per heavy atom. The van der Waals surface area contributed by atoms with Crippen LogP contribution in [-0.4, -0.2) is 44.4 Å². The number of hydrogen-bond donors (Lipinski definition) is 1. The summed E-state index contributed by atoms with van der Waals surface area (Å²) in [6.45, 7) is 2.44. The van der Waals surface area contributed by atoms with Crippen LogP contribution >= 0.6 is 11.6 Å². The van der Waals surface area contributed by atoms with Gasteiger partial charge in [-0.05, 0) is 35.6 Å². The lowest BCUT2D eigenvalue weighted by molar-refractivity contribution is -0.137. The molecule has 0 radical (unpaired) electrons. The molecule has 0 bridgehead atoms. The molecule has 3 aromatic rings. The zero-order valence-electron chi connectivity index (χ0n) is 21.5. The summed E-state index contributed by atoms with van der Waals surface area (Å²) in [6.07, 6.45) is -3.25. The number of aliphatic hydroxyl groups is 1. The number of alkyl halides is 3. The fourth-order valence-corrected chi connectivity index (χ4v) is 5.54. The van der Waals surface area contributed by atoms with Gasteiger partial charge in [-0.25, -0.2) is 12.8 Å². The van der Waals surface area contributed by atoms with Crippen LogP contribution < -0.4 is 4.74 Å². The molecular formula is C28H30ClF4NO4S. The standard InChI is InChI=1S/C28H30ClF4NO4S/c1-19(20-8-4-3-5-9-20)16-34(17-21-10-6-11-24(27(21)29)28(31,32)33)12-7-13-38-22-14-25(30)23(18-35)26(15-22)39(2,36)37/h3-6,8-11,14-15,19,35H,7,12-13,16-18H2,1-2H3/t19-/m0/s1. The molecule has 5 nitrogen and oxygen atoms in total. The van der Waals surface area contributed by atoms with Crippen LogP contribution in [0.5, 0.6) is 5.75 Å². The first-order valence-corrected chi connectivity index (χ1v) is 14.5. The third-order valence-electron chi connectivity index (χ3n) is 6.25. The van der Waals surface area contributed by atoms with E-state index in [0.717, 1.165) is 24.0 Å². The average Bonchev–Trinajstić information content (AvgIpc) is 2.86. The minimum Gasteiger partial charge on any atom is -0.493 e. The molecule has 3 aromatic carbocycles. The Morgan fingerprint density at radius 1 is 1.08 bits per heavy atom. The lowest BCUT2D eigenvalue weighted by Crippen LogP contribution is -2.30. The first kappa shape index (κ1) is 30.9. The van der Waals surface area contributed by atoms with E-state index in [9.17, 15) is 31.1 Å². The lowest BCUT2D eigenvalue weighted by Gasteiger charge is -2.27. The van der Waals surface area contributed by atoms with Crippen molar-refractivity contribution < 1.29 is 35.8 Å². The minimum atomic E-state index is -4.57. The normalized spacial score (nSPS) is 13.1. The second-order valence-corrected chi connectivity index (χ2v) is 11.7. The van der Waals surface area contributed by atoms with Gasteiger partial charge < -0.3 is 9.84 Å². The van der Waals surface area contributed by atoms with E-state index in [1.54, 1.807) is 6.07 Å². The molecule has 0 heterocycles. The molecule has 1 N–H and O–H groups in total. The highest BCUT2D eigenvalue weighted by Crippen LogP contribution is 2.36. The summed E-state index contributed by atoms with van der Waals surface area (Å²) >= 11 is 6.15. The van der Waals surface area contributed by atoms with Crippen molar-refractivity contribution in [3.05, 3.63) is 93.8 Å². The monoisotopic (exact) mass is 587 g/mol. The predicted octanol–water partition coefficient (Wildman–Crippen LogP) is 6.47. The van der Waals surface area contributed by atoms with Crippen molar-refractivity contribution >= 4 is 21.4 Å². The number of halogens is 5. The van der Waals surface area contributed by atoms with Crippen molar-refractivity contribution in [2.45, 2.75) is 43.5 Å². The van der Waals surface area contributed by atoms with Crippen LogP contribution in [0.3, 0.4) is 0 Å². The fraction of sp³-hybridized carbons (Fsp3) is 0.357. The highest BCUT2D eigenvalue weighted by atomic mass is 35.5. The van der Waals surface area contributed by atoms with E-state index in [2.05, 4.69) is 0 Å². The molecule has 0 fully saturated rings. The molecule has 0 saturated carbocycles. The van der Waals surface area contributed by atoms with E-state index in [4.69, 9.17) is 16.3 Å². The van der Waals surface area contributed by atoms with Gasteiger partial charge in [-0.2, -0.15) is 13.2 Å². The number of rotatable bonds is 12. The average molecular weight is 588 g/mol. The number of sulfone groups is 1. The van der Waals surface area contributed by atoms with Crippen LogP contribution in [0.15, 0.2) is 65.6 Å². The van der Waals surface area contributed by atoms with Gasteiger partial charge in [0, 0.05) is 37.5 Å². The predicted molar refractivity (Wildman–Crippen MR) is 142 cm³/mol. The van der Waals surface area contributed by atoms with Gasteiger partial charge in [-0.1, -0.05) is 61.0 Å². The summed E-state index contributed by atoms with van der Waals surface area (Å²) in [7, 11) is -3.81. The van der Waals surface area contributed by atoms with E-state index in [-0.39, 0.29) is 40.3 Å². The smallest absolute Gasteiger partial charge is 0.417 e. The number of aliphatic hydroxyl groups excluding tert-OH is 1. The van der Waals surface area contributed by atoms with Crippen LogP contribution in [0.4, 0.5) is 17.6 Å². The first-order chi connectivity index (χ1) is 18.3. The summed E-state index contributed by atoms with van der Waals surface area (Å²) in [5, 5.41) is 9.02. The SMILES string of the molecule is C[C@@H](CN(CCCOc1cc(F)c(CO)c(S(C)(=O)=O)c1)Cc1cccc(C(F)(F)F)c1Cl)c1ccccc1.